The molecule has 4 heteroatoms. The maximum atomic E-state index is 4.45. The van der Waals surface area contributed by atoms with Gasteiger partial charge in [-0.05, 0) is 32.6 Å². The Bertz CT molecular complexity index is 361. The topological polar surface area (TPSA) is 31.2 Å². The monoisotopic (exact) mass is 264 g/mol. The lowest BCUT2D eigenvalue weighted by atomic mass is 9.85. The molecule has 0 spiro atoms. The quantitative estimate of drug-likeness (QED) is 0.762. The van der Waals surface area contributed by atoms with Crippen LogP contribution in [0.1, 0.15) is 41.0 Å². The van der Waals surface area contributed by atoms with E-state index in [1.807, 2.05) is 12.7 Å². The van der Waals surface area contributed by atoms with E-state index in [2.05, 4.69) is 54.4 Å². The van der Waals surface area contributed by atoms with Crippen molar-refractivity contribution in [1.29, 1.82) is 0 Å². The molecule has 0 amide bonds. The van der Waals surface area contributed by atoms with Crippen LogP contribution in [0.2, 0.25) is 0 Å². The van der Waals surface area contributed by atoms with Crippen LogP contribution in [-0.4, -0.2) is 60.2 Å². The second-order valence-electron chi connectivity index (χ2n) is 7.07. The Balaban J connectivity index is 1.83. The van der Waals surface area contributed by atoms with Gasteiger partial charge in [0.2, 0.25) is 0 Å². The minimum absolute atomic E-state index is 0.301. The predicted octanol–water partition coefficient (Wildman–Crippen LogP) is 2.26. The Labute approximate surface area is 117 Å². The minimum atomic E-state index is 0.301. The van der Waals surface area contributed by atoms with Crippen molar-refractivity contribution in [3.63, 3.8) is 0 Å². The van der Waals surface area contributed by atoms with Crippen LogP contribution in [0, 0.1) is 5.41 Å². The summed E-state index contributed by atoms with van der Waals surface area (Å²) in [6.45, 7) is 14.6. The van der Waals surface area contributed by atoms with Gasteiger partial charge in [-0.25, -0.2) is 0 Å². The fourth-order valence-corrected chi connectivity index (χ4v) is 3.17. The molecular weight excluding hydrogens is 236 g/mol. The lowest BCUT2D eigenvalue weighted by Crippen LogP contribution is -2.40. The third kappa shape index (κ3) is 3.95. The molecule has 2 heterocycles. The summed E-state index contributed by atoms with van der Waals surface area (Å²) in [5.41, 5.74) is 0.301. The van der Waals surface area contributed by atoms with Crippen LogP contribution in [-0.2, 0) is 0 Å². The summed E-state index contributed by atoms with van der Waals surface area (Å²) in [6, 6.07) is 1.47. The van der Waals surface area contributed by atoms with Crippen molar-refractivity contribution in [2.24, 2.45) is 15.4 Å². The number of hydrogen-bond acceptors (Lipinski definition) is 4. The molecule has 19 heavy (non-hydrogen) atoms. The number of aliphatic imine (C=N–C) groups is 2. The van der Waals surface area contributed by atoms with Gasteiger partial charge in [0.15, 0.2) is 0 Å². The van der Waals surface area contributed by atoms with E-state index in [0.29, 0.717) is 23.5 Å². The first-order valence-corrected chi connectivity index (χ1v) is 7.42. The van der Waals surface area contributed by atoms with Crippen molar-refractivity contribution < 1.29 is 0 Å². The van der Waals surface area contributed by atoms with Gasteiger partial charge in [-0.2, -0.15) is 0 Å². The predicted molar refractivity (Wildman–Crippen MR) is 82.0 cm³/mol. The molecule has 3 atom stereocenters. The van der Waals surface area contributed by atoms with Crippen LogP contribution in [0.25, 0.3) is 0 Å². The van der Waals surface area contributed by atoms with Gasteiger partial charge in [-0.15, -0.1) is 0 Å². The highest BCUT2D eigenvalue weighted by atomic mass is 15.2. The third-order valence-electron chi connectivity index (χ3n) is 3.97. The lowest BCUT2D eigenvalue weighted by Gasteiger charge is -2.35. The van der Waals surface area contributed by atoms with Crippen molar-refractivity contribution in [3.05, 3.63) is 0 Å². The van der Waals surface area contributed by atoms with Gasteiger partial charge in [0.05, 0.1) is 24.8 Å². The largest absolute Gasteiger partial charge is 0.360 e. The van der Waals surface area contributed by atoms with Crippen molar-refractivity contribution in [2.75, 3.05) is 19.6 Å². The molecule has 0 N–H and O–H groups in total. The SMILES string of the molecule is CC1CN(CC(C)(C)CC(C)N2C=NC(C)C2)C=N1. The summed E-state index contributed by atoms with van der Waals surface area (Å²) in [6.07, 6.45) is 5.24. The first-order chi connectivity index (χ1) is 8.85. The van der Waals surface area contributed by atoms with Gasteiger partial charge in [0.25, 0.3) is 0 Å². The Morgan fingerprint density at radius 1 is 1.16 bits per heavy atom. The summed E-state index contributed by atoms with van der Waals surface area (Å²) >= 11 is 0. The average Bonchev–Trinajstić information content (AvgIpc) is 2.86. The van der Waals surface area contributed by atoms with E-state index in [1.165, 1.54) is 6.42 Å². The Hall–Kier alpha value is -1.06. The fraction of sp³-hybridized carbons (Fsp3) is 0.867. The molecule has 0 saturated carbocycles. The Morgan fingerprint density at radius 3 is 2.32 bits per heavy atom. The second kappa shape index (κ2) is 5.51. The molecule has 2 aliphatic rings. The zero-order valence-corrected chi connectivity index (χ0v) is 13.0. The van der Waals surface area contributed by atoms with E-state index >= 15 is 0 Å². The van der Waals surface area contributed by atoms with Gasteiger partial charge >= 0.3 is 0 Å². The molecule has 0 radical (unpaired) electrons. The summed E-state index contributed by atoms with van der Waals surface area (Å²) in [5.74, 6) is 0. The van der Waals surface area contributed by atoms with E-state index in [0.717, 1.165) is 19.6 Å². The summed E-state index contributed by atoms with van der Waals surface area (Å²) < 4.78 is 0. The molecular formula is C15H28N4. The lowest BCUT2D eigenvalue weighted by molar-refractivity contribution is 0.190. The smallest absolute Gasteiger partial charge is 0.0857 e. The second-order valence-corrected chi connectivity index (χ2v) is 7.07. The summed E-state index contributed by atoms with van der Waals surface area (Å²) in [5, 5.41) is 0. The molecule has 0 aromatic carbocycles. The highest BCUT2D eigenvalue weighted by molar-refractivity contribution is 5.58. The van der Waals surface area contributed by atoms with Crippen LogP contribution in [0.5, 0.6) is 0 Å². The van der Waals surface area contributed by atoms with Crippen LogP contribution < -0.4 is 0 Å². The fourth-order valence-electron chi connectivity index (χ4n) is 3.17. The molecule has 108 valence electrons. The molecule has 0 aromatic rings. The number of rotatable bonds is 5. The van der Waals surface area contributed by atoms with Crippen LogP contribution in [0.15, 0.2) is 9.98 Å². The zero-order valence-electron chi connectivity index (χ0n) is 13.0. The zero-order chi connectivity index (χ0) is 14.0. The van der Waals surface area contributed by atoms with Gasteiger partial charge in [0, 0.05) is 25.7 Å². The highest BCUT2D eigenvalue weighted by Crippen LogP contribution is 2.27. The van der Waals surface area contributed by atoms with Crippen LogP contribution in [0.4, 0.5) is 0 Å². The first-order valence-electron chi connectivity index (χ1n) is 7.42. The molecule has 4 nitrogen and oxygen atoms in total. The van der Waals surface area contributed by atoms with Crippen molar-refractivity contribution >= 4 is 12.7 Å². The van der Waals surface area contributed by atoms with Crippen molar-refractivity contribution in [1.82, 2.24) is 9.80 Å². The molecule has 0 fully saturated rings. The van der Waals surface area contributed by atoms with Gasteiger partial charge in [-0.1, -0.05) is 13.8 Å². The van der Waals surface area contributed by atoms with Crippen LogP contribution in [0.3, 0.4) is 0 Å². The van der Waals surface area contributed by atoms with E-state index in [4.69, 9.17) is 0 Å². The van der Waals surface area contributed by atoms with Gasteiger partial charge in [0.1, 0.15) is 0 Å². The molecule has 0 saturated heterocycles. The third-order valence-corrected chi connectivity index (χ3v) is 3.97. The molecule has 0 bridgehead atoms. The van der Waals surface area contributed by atoms with E-state index in [1.54, 1.807) is 0 Å². The average molecular weight is 264 g/mol. The van der Waals surface area contributed by atoms with Gasteiger partial charge in [-0.3, -0.25) is 9.98 Å². The number of nitrogens with zero attached hydrogens (tertiary/aromatic N) is 4. The Morgan fingerprint density at radius 2 is 1.79 bits per heavy atom. The molecule has 0 aromatic heterocycles. The molecule has 3 unspecified atom stereocenters. The Kier molecular flexibility index (Phi) is 4.16. The molecule has 0 aliphatic carbocycles. The van der Waals surface area contributed by atoms with E-state index in [9.17, 15) is 0 Å². The van der Waals surface area contributed by atoms with Crippen molar-refractivity contribution in [3.8, 4) is 0 Å². The van der Waals surface area contributed by atoms with E-state index < -0.39 is 0 Å². The number of hydrogen-bond donors (Lipinski definition) is 0. The van der Waals surface area contributed by atoms with E-state index in [-0.39, 0.29) is 0 Å². The highest BCUT2D eigenvalue weighted by Gasteiger charge is 2.28. The normalized spacial score (nSPS) is 28.5. The summed E-state index contributed by atoms with van der Waals surface area (Å²) in [7, 11) is 0. The standard InChI is InChI=1S/C15H28N4/c1-12-7-18(10-16-12)9-15(4,5)6-14(3)19-8-13(2)17-11-19/h10-14H,6-9H2,1-5H3. The maximum Gasteiger partial charge on any atom is 0.0857 e. The summed E-state index contributed by atoms with van der Waals surface area (Å²) in [4.78, 5) is 13.6. The minimum Gasteiger partial charge on any atom is -0.360 e. The molecule has 2 rings (SSSR count). The first kappa shape index (κ1) is 14.4. The maximum absolute atomic E-state index is 4.45. The van der Waals surface area contributed by atoms with Gasteiger partial charge < -0.3 is 9.80 Å². The van der Waals surface area contributed by atoms with Crippen molar-refractivity contribution in [2.45, 2.75) is 59.2 Å². The molecule has 2 aliphatic heterocycles. The van der Waals surface area contributed by atoms with Crippen LogP contribution >= 0.6 is 0 Å².